The van der Waals surface area contributed by atoms with Crippen LogP contribution in [0, 0.1) is 6.92 Å². The molecule has 0 aliphatic heterocycles. The molecule has 0 saturated carbocycles. The predicted molar refractivity (Wildman–Crippen MR) is 112 cm³/mol. The summed E-state index contributed by atoms with van der Waals surface area (Å²) in [4.78, 5) is 31.4. The van der Waals surface area contributed by atoms with E-state index in [1.807, 2.05) is 42.7 Å². The van der Waals surface area contributed by atoms with Crippen LogP contribution in [0.5, 0.6) is 5.75 Å². The van der Waals surface area contributed by atoms with Gasteiger partial charge in [-0.1, -0.05) is 59.8 Å². The van der Waals surface area contributed by atoms with Crippen molar-refractivity contribution in [1.82, 2.24) is 9.97 Å². The molecule has 1 heterocycles. The van der Waals surface area contributed by atoms with Gasteiger partial charge in [-0.3, -0.25) is 9.59 Å². The standard InChI is InChI=1S/C21H19ClN2O3S/c1-13-16(20(26)24-21(23-13)28-2)9-11-19(25)27-18-10-8-15(12-17(18)22)14-6-4-3-5-7-14/h3-8,10,12H,9,11H2,1-2H3,(H,23,24,26). The van der Waals surface area contributed by atoms with Crippen LogP contribution in [0.1, 0.15) is 17.7 Å². The minimum absolute atomic E-state index is 0.0565. The number of carbonyl (C=O) groups excluding carboxylic acids is 1. The van der Waals surface area contributed by atoms with Crippen LogP contribution in [0.3, 0.4) is 0 Å². The zero-order valence-corrected chi connectivity index (χ0v) is 17.1. The van der Waals surface area contributed by atoms with Crippen LogP contribution in [-0.2, 0) is 11.2 Å². The summed E-state index contributed by atoms with van der Waals surface area (Å²) in [5.74, 6) is -0.157. The lowest BCUT2D eigenvalue weighted by molar-refractivity contribution is -0.134. The molecule has 3 aromatic rings. The Labute approximate surface area is 172 Å². The quantitative estimate of drug-likeness (QED) is 0.275. The van der Waals surface area contributed by atoms with Crippen LogP contribution < -0.4 is 10.3 Å². The Morgan fingerprint density at radius 3 is 2.57 bits per heavy atom. The highest BCUT2D eigenvalue weighted by atomic mass is 35.5. The van der Waals surface area contributed by atoms with Gasteiger partial charge in [-0.05, 0) is 42.9 Å². The van der Waals surface area contributed by atoms with Crippen molar-refractivity contribution in [3.8, 4) is 16.9 Å². The summed E-state index contributed by atoms with van der Waals surface area (Å²) < 4.78 is 5.37. The van der Waals surface area contributed by atoms with Gasteiger partial charge in [0.15, 0.2) is 5.16 Å². The summed E-state index contributed by atoms with van der Waals surface area (Å²) >= 11 is 7.64. The van der Waals surface area contributed by atoms with Crippen molar-refractivity contribution in [3.63, 3.8) is 0 Å². The number of nitrogens with zero attached hydrogens (tertiary/aromatic N) is 1. The average molecular weight is 415 g/mol. The van der Waals surface area contributed by atoms with Crippen molar-refractivity contribution in [2.75, 3.05) is 6.26 Å². The van der Waals surface area contributed by atoms with E-state index in [4.69, 9.17) is 16.3 Å². The Kier molecular flexibility index (Phi) is 6.54. The van der Waals surface area contributed by atoms with E-state index in [1.54, 1.807) is 19.1 Å². The van der Waals surface area contributed by atoms with Crippen LogP contribution >= 0.6 is 23.4 Å². The first-order valence-electron chi connectivity index (χ1n) is 8.67. The number of aromatic amines is 1. The second-order valence-electron chi connectivity index (χ2n) is 6.12. The van der Waals surface area contributed by atoms with E-state index in [0.717, 1.165) is 11.1 Å². The van der Waals surface area contributed by atoms with Crippen molar-refractivity contribution >= 4 is 29.3 Å². The van der Waals surface area contributed by atoms with Crippen molar-refractivity contribution in [3.05, 3.63) is 75.2 Å². The number of aromatic nitrogens is 2. The lowest BCUT2D eigenvalue weighted by atomic mass is 10.1. The molecule has 1 N–H and O–H groups in total. The molecule has 0 unspecified atom stereocenters. The van der Waals surface area contributed by atoms with Crippen molar-refractivity contribution in [2.24, 2.45) is 0 Å². The molecular formula is C21H19ClN2O3S. The highest BCUT2D eigenvalue weighted by molar-refractivity contribution is 7.98. The smallest absolute Gasteiger partial charge is 0.311 e. The first kappa shape index (κ1) is 20.2. The van der Waals surface area contributed by atoms with Gasteiger partial charge in [-0.25, -0.2) is 4.98 Å². The fourth-order valence-corrected chi connectivity index (χ4v) is 3.41. The van der Waals surface area contributed by atoms with E-state index in [1.165, 1.54) is 11.8 Å². The number of carbonyl (C=O) groups is 1. The minimum atomic E-state index is -0.456. The van der Waals surface area contributed by atoms with Gasteiger partial charge in [-0.15, -0.1) is 0 Å². The number of hydrogen-bond donors (Lipinski definition) is 1. The molecule has 7 heteroatoms. The number of ether oxygens (including phenoxy) is 1. The van der Waals surface area contributed by atoms with Gasteiger partial charge in [0, 0.05) is 11.3 Å². The van der Waals surface area contributed by atoms with Gasteiger partial charge in [0.05, 0.1) is 11.4 Å². The summed E-state index contributed by atoms with van der Waals surface area (Å²) in [6.07, 6.45) is 2.14. The highest BCUT2D eigenvalue weighted by Crippen LogP contribution is 2.30. The summed E-state index contributed by atoms with van der Waals surface area (Å²) in [5.41, 5.74) is 2.84. The third-order valence-electron chi connectivity index (χ3n) is 4.24. The van der Waals surface area contributed by atoms with Gasteiger partial charge in [-0.2, -0.15) is 0 Å². The van der Waals surface area contributed by atoms with E-state index in [0.29, 0.717) is 27.2 Å². The second kappa shape index (κ2) is 9.08. The summed E-state index contributed by atoms with van der Waals surface area (Å²) in [6.45, 7) is 1.76. The Hall–Kier alpha value is -2.57. The Morgan fingerprint density at radius 2 is 1.93 bits per heavy atom. The monoisotopic (exact) mass is 414 g/mol. The zero-order chi connectivity index (χ0) is 20.1. The summed E-state index contributed by atoms with van der Waals surface area (Å²) in [5, 5.41) is 0.911. The molecule has 0 aliphatic rings. The molecule has 28 heavy (non-hydrogen) atoms. The number of esters is 1. The molecule has 0 amide bonds. The van der Waals surface area contributed by atoms with Crippen molar-refractivity contribution in [1.29, 1.82) is 0 Å². The fourth-order valence-electron chi connectivity index (χ4n) is 2.77. The maximum atomic E-state index is 12.2. The van der Waals surface area contributed by atoms with Crippen LogP contribution in [0.25, 0.3) is 11.1 Å². The number of H-pyrrole nitrogens is 1. The molecule has 0 spiro atoms. The van der Waals surface area contributed by atoms with Crippen molar-refractivity contribution in [2.45, 2.75) is 24.9 Å². The Balaban J connectivity index is 1.66. The summed E-state index contributed by atoms with van der Waals surface area (Å²) in [6, 6.07) is 15.1. The van der Waals surface area contributed by atoms with Crippen LogP contribution in [0.2, 0.25) is 5.02 Å². The van der Waals surface area contributed by atoms with Crippen LogP contribution in [0.15, 0.2) is 58.5 Å². The van der Waals surface area contributed by atoms with E-state index in [2.05, 4.69) is 9.97 Å². The summed E-state index contributed by atoms with van der Waals surface area (Å²) in [7, 11) is 0. The van der Waals surface area contributed by atoms with Gasteiger partial charge in [0.25, 0.3) is 5.56 Å². The fraction of sp³-hybridized carbons (Fsp3) is 0.190. The molecule has 2 aromatic carbocycles. The number of nitrogens with one attached hydrogen (secondary N) is 1. The Bertz CT molecular complexity index is 1050. The second-order valence-corrected chi connectivity index (χ2v) is 7.33. The van der Waals surface area contributed by atoms with E-state index in [9.17, 15) is 9.59 Å². The number of thioether (sulfide) groups is 1. The number of benzene rings is 2. The molecule has 3 rings (SSSR count). The lowest BCUT2D eigenvalue weighted by Crippen LogP contribution is -2.19. The van der Waals surface area contributed by atoms with Gasteiger partial charge in [0.2, 0.25) is 0 Å². The predicted octanol–water partition coefficient (Wildman–Crippen LogP) is 4.66. The molecule has 0 radical (unpaired) electrons. The van der Waals surface area contributed by atoms with Gasteiger partial charge < -0.3 is 9.72 Å². The topological polar surface area (TPSA) is 72.0 Å². The molecular weight excluding hydrogens is 396 g/mol. The number of halogens is 1. The molecule has 0 aliphatic carbocycles. The number of rotatable bonds is 6. The van der Waals surface area contributed by atoms with Gasteiger partial charge >= 0.3 is 5.97 Å². The first-order chi connectivity index (χ1) is 13.5. The first-order valence-corrected chi connectivity index (χ1v) is 10.3. The van der Waals surface area contributed by atoms with E-state index < -0.39 is 5.97 Å². The molecule has 1 aromatic heterocycles. The highest BCUT2D eigenvalue weighted by Gasteiger charge is 2.13. The number of hydrogen-bond acceptors (Lipinski definition) is 5. The molecule has 0 fully saturated rings. The van der Waals surface area contributed by atoms with Gasteiger partial charge in [0.1, 0.15) is 5.75 Å². The van der Waals surface area contributed by atoms with Crippen molar-refractivity contribution < 1.29 is 9.53 Å². The van der Waals surface area contributed by atoms with E-state index in [-0.39, 0.29) is 18.4 Å². The average Bonchev–Trinajstić information content (AvgIpc) is 2.69. The normalized spacial score (nSPS) is 10.7. The molecule has 0 bridgehead atoms. The lowest BCUT2D eigenvalue weighted by Gasteiger charge is -2.09. The third kappa shape index (κ3) is 4.82. The zero-order valence-electron chi connectivity index (χ0n) is 15.5. The largest absolute Gasteiger partial charge is 0.425 e. The molecule has 144 valence electrons. The maximum Gasteiger partial charge on any atom is 0.311 e. The van der Waals surface area contributed by atoms with Crippen LogP contribution in [0.4, 0.5) is 0 Å². The number of aryl methyl sites for hydroxylation is 1. The molecule has 0 atom stereocenters. The third-order valence-corrected chi connectivity index (χ3v) is 5.11. The molecule has 5 nitrogen and oxygen atoms in total. The van der Waals surface area contributed by atoms with E-state index >= 15 is 0 Å². The minimum Gasteiger partial charge on any atom is -0.425 e. The molecule has 0 saturated heterocycles. The Morgan fingerprint density at radius 1 is 1.18 bits per heavy atom. The SMILES string of the molecule is CSc1nc(C)c(CCC(=O)Oc2ccc(-c3ccccc3)cc2Cl)c(=O)[nH]1. The van der Waals surface area contributed by atoms with Crippen LogP contribution in [-0.4, -0.2) is 22.2 Å². The maximum absolute atomic E-state index is 12.2.